The molecule has 0 amide bonds. The minimum Gasteiger partial charge on any atom is -0.394 e. The Morgan fingerprint density at radius 1 is 1.21 bits per heavy atom. The molecule has 1 heterocycles. The molecule has 3 unspecified atom stereocenters. The van der Waals surface area contributed by atoms with Crippen molar-refractivity contribution in [1.82, 2.24) is 0 Å². The maximum Gasteiger partial charge on any atom is 0.186 e. The van der Waals surface area contributed by atoms with Gasteiger partial charge in [0.2, 0.25) is 0 Å². The number of hydrogen-bond acceptors (Lipinski definition) is 7. The number of aliphatic hydroxyl groups excluding tert-OH is 5. The molecule has 7 nitrogen and oxygen atoms in total. The Balaban J connectivity index is 2.44. The highest BCUT2D eigenvalue weighted by Gasteiger charge is 2.43. The Bertz CT molecular complexity index is 281. The number of rotatable bonds is 6. The average Bonchev–Trinajstić information content (AvgIpc) is 2.39. The molecular formula is C12H22O7. The SMILES string of the molecule is C/C=C/[C@@H](O)CCO[C@@H]1OC(CO)[C@H](O)C(O)C1O. The molecule has 5 N–H and O–H groups in total. The van der Waals surface area contributed by atoms with E-state index in [0.717, 1.165) is 0 Å². The summed E-state index contributed by atoms with van der Waals surface area (Å²) in [5.41, 5.74) is 0. The molecule has 1 aliphatic heterocycles. The number of aliphatic hydroxyl groups is 5. The Labute approximate surface area is 111 Å². The fourth-order valence-electron chi connectivity index (χ4n) is 1.83. The van der Waals surface area contributed by atoms with Crippen molar-refractivity contribution in [3.05, 3.63) is 12.2 Å². The molecule has 6 atom stereocenters. The van der Waals surface area contributed by atoms with Crippen molar-refractivity contribution in [3.8, 4) is 0 Å². The molecule has 0 aliphatic carbocycles. The third kappa shape index (κ3) is 4.50. The molecule has 1 fully saturated rings. The lowest BCUT2D eigenvalue weighted by molar-refractivity contribution is -0.301. The molecule has 7 heteroatoms. The van der Waals surface area contributed by atoms with Gasteiger partial charge in [-0.2, -0.15) is 0 Å². The van der Waals surface area contributed by atoms with Crippen LogP contribution in [-0.4, -0.2) is 75.6 Å². The van der Waals surface area contributed by atoms with E-state index in [4.69, 9.17) is 14.6 Å². The van der Waals surface area contributed by atoms with E-state index in [1.54, 1.807) is 19.1 Å². The second kappa shape index (κ2) is 7.91. The van der Waals surface area contributed by atoms with Crippen LogP contribution in [0.25, 0.3) is 0 Å². The minimum atomic E-state index is -1.45. The third-order valence-electron chi connectivity index (χ3n) is 2.96. The molecule has 19 heavy (non-hydrogen) atoms. The van der Waals surface area contributed by atoms with Crippen LogP contribution in [-0.2, 0) is 9.47 Å². The van der Waals surface area contributed by atoms with E-state index in [2.05, 4.69) is 0 Å². The Kier molecular flexibility index (Phi) is 6.87. The van der Waals surface area contributed by atoms with E-state index >= 15 is 0 Å². The smallest absolute Gasteiger partial charge is 0.186 e. The highest BCUT2D eigenvalue weighted by Crippen LogP contribution is 2.22. The Hall–Kier alpha value is -0.540. The van der Waals surface area contributed by atoms with Crippen molar-refractivity contribution in [2.75, 3.05) is 13.2 Å². The molecule has 1 aliphatic rings. The van der Waals surface area contributed by atoms with Gasteiger partial charge in [0.15, 0.2) is 6.29 Å². The lowest BCUT2D eigenvalue weighted by Gasteiger charge is -2.39. The minimum absolute atomic E-state index is 0.105. The summed E-state index contributed by atoms with van der Waals surface area (Å²) in [6.45, 7) is 1.39. The second-order valence-corrected chi connectivity index (χ2v) is 4.45. The second-order valence-electron chi connectivity index (χ2n) is 4.45. The Morgan fingerprint density at radius 2 is 1.89 bits per heavy atom. The first-order valence-electron chi connectivity index (χ1n) is 6.24. The van der Waals surface area contributed by atoms with Crippen LogP contribution in [0.5, 0.6) is 0 Å². The topological polar surface area (TPSA) is 120 Å². The van der Waals surface area contributed by atoms with Gasteiger partial charge in [0.05, 0.1) is 19.3 Å². The summed E-state index contributed by atoms with van der Waals surface area (Å²) >= 11 is 0. The van der Waals surface area contributed by atoms with Crippen LogP contribution in [0.1, 0.15) is 13.3 Å². The van der Waals surface area contributed by atoms with Crippen molar-refractivity contribution < 1.29 is 35.0 Å². The zero-order valence-corrected chi connectivity index (χ0v) is 10.8. The highest BCUT2D eigenvalue weighted by molar-refractivity contribution is 4.89. The molecule has 0 bridgehead atoms. The van der Waals surface area contributed by atoms with E-state index in [1.807, 2.05) is 0 Å². The number of allylic oxidation sites excluding steroid dienone is 1. The molecule has 0 saturated carbocycles. The first kappa shape index (κ1) is 16.5. The summed E-state index contributed by atoms with van der Waals surface area (Å²) in [5, 5.41) is 47.2. The lowest BCUT2D eigenvalue weighted by Crippen LogP contribution is -2.59. The summed E-state index contributed by atoms with van der Waals surface area (Å²) < 4.78 is 10.4. The van der Waals surface area contributed by atoms with Crippen LogP contribution in [0, 0.1) is 0 Å². The molecule has 0 aromatic carbocycles. The molecule has 0 radical (unpaired) electrons. The van der Waals surface area contributed by atoms with E-state index in [-0.39, 0.29) is 6.61 Å². The van der Waals surface area contributed by atoms with Crippen LogP contribution in [0.15, 0.2) is 12.2 Å². The van der Waals surface area contributed by atoms with Crippen molar-refractivity contribution in [3.63, 3.8) is 0 Å². The van der Waals surface area contributed by atoms with Gasteiger partial charge in [-0.25, -0.2) is 0 Å². The summed E-state index contributed by atoms with van der Waals surface area (Å²) in [7, 11) is 0. The molecule has 112 valence electrons. The fourth-order valence-corrected chi connectivity index (χ4v) is 1.83. The Morgan fingerprint density at radius 3 is 2.47 bits per heavy atom. The predicted molar refractivity (Wildman–Crippen MR) is 65.2 cm³/mol. The van der Waals surface area contributed by atoms with Crippen LogP contribution >= 0.6 is 0 Å². The monoisotopic (exact) mass is 278 g/mol. The van der Waals surface area contributed by atoms with Gasteiger partial charge in [-0.15, -0.1) is 0 Å². The van der Waals surface area contributed by atoms with Crippen LogP contribution in [0.2, 0.25) is 0 Å². The van der Waals surface area contributed by atoms with Gasteiger partial charge in [-0.05, 0) is 6.92 Å². The van der Waals surface area contributed by atoms with Crippen molar-refractivity contribution >= 4 is 0 Å². The van der Waals surface area contributed by atoms with E-state index < -0.39 is 43.4 Å². The molecule has 0 spiro atoms. The van der Waals surface area contributed by atoms with Crippen LogP contribution in [0.4, 0.5) is 0 Å². The summed E-state index contributed by atoms with van der Waals surface area (Å²) in [6.07, 6.45) is -3.43. The van der Waals surface area contributed by atoms with Crippen molar-refractivity contribution in [2.45, 2.75) is 50.2 Å². The normalized spacial score (nSPS) is 37.7. The van der Waals surface area contributed by atoms with E-state index in [0.29, 0.717) is 6.42 Å². The maximum absolute atomic E-state index is 9.67. The van der Waals surface area contributed by atoms with Gasteiger partial charge < -0.3 is 35.0 Å². The molecule has 0 aromatic heterocycles. The number of ether oxygens (including phenoxy) is 2. The van der Waals surface area contributed by atoms with Gasteiger partial charge in [0, 0.05) is 6.42 Å². The fraction of sp³-hybridized carbons (Fsp3) is 0.833. The third-order valence-corrected chi connectivity index (χ3v) is 2.96. The lowest BCUT2D eigenvalue weighted by atomic mass is 9.99. The van der Waals surface area contributed by atoms with Crippen LogP contribution < -0.4 is 0 Å². The molecule has 1 rings (SSSR count). The molecular weight excluding hydrogens is 256 g/mol. The van der Waals surface area contributed by atoms with Crippen LogP contribution in [0.3, 0.4) is 0 Å². The molecule has 1 saturated heterocycles. The predicted octanol–water partition coefficient (Wildman–Crippen LogP) is -1.87. The number of hydrogen-bond donors (Lipinski definition) is 5. The zero-order chi connectivity index (χ0) is 14.4. The van der Waals surface area contributed by atoms with Crippen molar-refractivity contribution in [1.29, 1.82) is 0 Å². The highest BCUT2D eigenvalue weighted by atomic mass is 16.7. The van der Waals surface area contributed by atoms with Gasteiger partial charge in [-0.3, -0.25) is 0 Å². The van der Waals surface area contributed by atoms with Gasteiger partial charge in [0.1, 0.15) is 24.4 Å². The molecule has 0 aromatic rings. The summed E-state index contributed by atoms with van der Waals surface area (Å²) in [6, 6.07) is 0. The summed E-state index contributed by atoms with van der Waals surface area (Å²) in [4.78, 5) is 0. The summed E-state index contributed by atoms with van der Waals surface area (Å²) in [5.74, 6) is 0. The average molecular weight is 278 g/mol. The first-order chi connectivity index (χ1) is 9.01. The quantitative estimate of drug-likeness (QED) is 0.361. The van der Waals surface area contributed by atoms with E-state index in [9.17, 15) is 20.4 Å². The van der Waals surface area contributed by atoms with Gasteiger partial charge in [-0.1, -0.05) is 12.2 Å². The maximum atomic E-state index is 9.67. The van der Waals surface area contributed by atoms with E-state index in [1.165, 1.54) is 0 Å². The van der Waals surface area contributed by atoms with Crippen molar-refractivity contribution in [2.24, 2.45) is 0 Å². The largest absolute Gasteiger partial charge is 0.394 e. The first-order valence-corrected chi connectivity index (χ1v) is 6.24. The zero-order valence-electron chi connectivity index (χ0n) is 10.8. The standard InChI is InChI=1S/C12H22O7/c1-2-3-7(14)4-5-18-12-11(17)10(16)9(15)8(6-13)19-12/h2-3,7-17H,4-6H2,1H3/b3-2+/t7-,8?,9+,10?,11?,12-/m1/s1. The van der Waals surface area contributed by atoms with Gasteiger partial charge >= 0.3 is 0 Å². The van der Waals surface area contributed by atoms with Gasteiger partial charge in [0.25, 0.3) is 0 Å².